The third-order valence-electron chi connectivity index (χ3n) is 4.98. The Labute approximate surface area is 173 Å². The van der Waals surface area contributed by atoms with Crippen molar-refractivity contribution < 1.29 is 9.15 Å². The van der Waals surface area contributed by atoms with E-state index in [1.807, 2.05) is 49.4 Å². The second kappa shape index (κ2) is 8.82. The van der Waals surface area contributed by atoms with Crippen LogP contribution in [0.4, 0.5) is 5.69 Å². The van der Waals surface area contributed by atoms with E-state index in [1.54, 1.807) is 6.20 Å². The van der Waals surface area contributed by atoms with Crippen molar-refractivity contribution in [2.75, 3.05) is 38.2 Å². The molecule has 1 saturated heterocycles. The Morgan fingerprint density at radius 1 is 1.17 bits per heavy atom. The quantitative estimate of drug-likeness (QED) is 0.667. The fourth-order valence-electron chi connectivity index (χ4n) is 3.45. The van der Waals surface area contributed by atoms with Gasteiger partial charge in [0.05, 0.1) is 36.8 Å². The van der Waals surface area contributed by atoms with Crippen LogP contribution in [-0.2, 0) is 4.74 Å². The highest BCUT2D eigenvalue weighted by Crippen LogP contribution is 2.26. The van der Waals surface area contributed by atoms with Crippen molar-refractivity contribution >= 4 is 17.3 Å². The van der Waals surface area contributed by atoms with Crippen molar-refractivity contribution in [3.05, 3.63) is 75.6 Å². The SMILES string of the molecule is Cc1ccc([C@H](CNc2cnn(-c3ccccc3)c(=O)c2Cl)N2CCOCC2)o1. The van der Waals surface area contributed by atoms with Gasteiger partial charge in [0.1, 0.15) is 16.5 Å². The van der Waals surface area contributed by atoms with Crippen LogP contribution >= 0.6 is 11.6 Å². The molecule has 1 atom stereocenters. The van der Waals surface area contributed by atoms with Gasteiger partial charge in [-0.05, 0) is 31.2 Å². The Morgan fingerprint density at radius 3 is 2.62 bits per heavy atom. The number of para-hydroxylation sites is 1. The first-order valence-electron chi connectivity index (χ1n) is 9.59. The van der Waals surface area contributed by atoms with Crippen LogP contribution in [0.25, 0.3) is 5.69 Å². The fraction of sp³-hybridized carbons (Fsp3) is 0.333. The van der Waals surface area contributed by atoms with Gasteiger partial charge in [0, 0.05) is 19.6 Å². The lowest BCUT2D eigenvalue weighted by Crippen LogP contribution is -2.41. The second-order valence-corrected chi connectivity index (χ2v) is 7.30. The third-order valence-corrected chi connectivity index (χ3v) is 5.35. The molecule has 1 aliphatic heterocycles. The van der Waals surface area contributed by atoms with Crippen molar-refractivity contribution in [3.8, 4) is 5.69 Å². The highest BCUT2D eigenvalue weighted by molar-refractivity contribution is 6.32. The van der Waals surface area contributed by atoms with Gasteiger partial charge in [0.15, 0.2) is 0 Å². The predicted molar refractivity (Wildman–Crippen MR) is 112 cm³/mol. The molecule has 3 heterocycles. The maximum atomic E-state index is 12.7. The van der Waals surface area contributed by atoms with E-state index < -0.39 is 0 Å². The van der Waals surface area contributed by atoms with Gasteiger partial charge in [-0.15, -0.1) is 0 Å². The Hall–Kier alpha value is -2.61. The summed E-state index contributed by atoms with van der Waals surface area (Å²) in [5, 5.41) is 7.68. The summed E-state index contributed by atoms with van der Waals surface area (Å²) in [7, 11) is 0. The molecular formula is C21H23ClN4O3. The normalized spacial score (nSPS) is 15.9. The van der Waals surface area contributed by atoms with Crippen LogP contribution in [0.3, 0.4) is 0 Å². The van der Waals surface area contributed by atoms with Crippen molar-refractivity contribution in [3.63, 3.8) is 0 Å². The predicted octanol–water partition coefficient (Wildman–Crippen LogP) is 3.27. The molecular weight excluding hydrogens is 392 g/mol. The first-order chi connectivity index (χ1) is 14.1. The van der Waals surface area contributed by atoms with E-state index in [4.69, 9.17) is 20.8 Å². The number of aromatic nitrogens is 2. The van der Waals surface area contributed by atoms with Crippen LogP contribution in [0.5, 0.6) is 0 Å². The largest absolute Gasteiger partial charge is 0.465 e. The number of benzene rings is 1. The summed E-state index contributed by atoms with van der Waals surface area (Å²) >= 11 is 6.37. The molecule has 8 heteroatoms. The Balaban J connectivity index is 1.56. The van der Waals surface area contributed by atoms with Gasteiger partial charge in [-0.25, -0.2) is 0 Å². The zero-order chi connectivity index (χ0) is 20.2. The maximum absolute atomic E-state index is 12.7. The van der Waals surface area contributed by atoms with Crippen molar-refractivity contribution in [2.45, 2.75) is 13.0 Å². The average Bonchev–Trinajstić information content (AvgIpc) is 3.18. The molecule has 0 aliphatic carbocycles. The van der Waals surface area contributed by atoms with Gasteiger partial charge in [-0.1, -0.05) is 29.8 Å². The third kappa shape index (κ3) is 4.37. The highest BCUT2D eigenvalue weighted by Gasteiger charge is 2.25. The smallest absolute Gasteiger partial charge is 0.292 e. The number of hydrogen-bond donors (Lipinski definition) is 1. The van der Waals surface area contributed by atoms with Gasteiger partial charge < -0.3 is 14.5 Å². The lowest BCUT2D eigenvalue weighted by molar-refractivity contribution is 0.0143. The molecule has 2 aromatic heterocycles. The zero-order valence-corrected chi connectivity index (χ0v) is 16.9. The van der Waals surface area contributed by atoms with E-state index in [-0.39, 0.29) is 16.6 Å². The number of aryl methyl sites for hydroxylation is 1. The maximum Gasteiger partial charge on any atom is 0.292 e. The zero-order valence-electron chi connectivity index (χ0n) is 16.2. The molecule has 3 aromatic rings. The minimum absolute atomic E-state index is 0.000205. The fourth-order valence-corrected chi connectivity index (χ4v) is 3.64. The second-order valence-electron chi connectivity index (χ2n) is 6.92. The molecule has 152 valence electrons. The Bertz CT molecular complexity index is 1010. The van der Waals surface area contributed by atoms with Crippen LogP contribution in [0.15, 0.2) is 57.9 Å². The molecule has 0 amide bonds. The minimum atomic E-state index is -0.361. The molecule has 0 unspecified atom stereocenters. The average molecular weight is 415 g/mol. The number of ether oxygens (including phenoxy) is 1. The Kier molecular flexibility index (Phi) is 5.99. The summed E-state index contributed by atoms with van der Waals surface area (Å²) in [4.78, 5) is 15.0. The molecule has 0 radical (unpaired) electrons. The number of rotatable bonds is 6. The molecule has 29 heavy (non-hydrogen) atoms. The number of morpholine rings is 1. The summed E-state index contributed by atoms with van der Waals surface area (Å²) in [6, 6.07) is 13.2. The number of nitrogens with zero attached hydrogens (tertiary/aromatic N) is 3. The van der Waals surface area contributed by atoms with Crippen LogP contribution in [0.2, 0.25) is 5.02 Å². The van der Waals surface area contributed by atoms with Crippen molar-refractivity contribution in [1.29, 1.82) is 0 Å². The van der Waals surface area contributed by atoms with E-state index >= 15 is 0 Å². The van der Waals surface area contributed by atoms with Crippen LogP contribution in [0.1, 0.15) is 17.6 Å². The number of hydrogen-bond acceptors (Lipinski definition) is 6. The molecule has 0 saturated carbocycles. The molecule has 1 aromatic carbocycles. The first kappa shape index (κ1) is 19.7. The summed E-state index contributed by atoms with van der Waals surface area (Å²) in [5.74, 6) is 1.74. The molecule has 0 bridgehead atoms. The summed E-state index contributed by atoms with van der Waals surface area (Å²) in [5.41, 5.74) is 0.813. The van der Waals surface area contributed by atoms with E-state index in [9.17, 15) is 4.79 Å². The first-order valence-corrected chi connectivity index (χ1v) is 9.96. The van der Waals surface area contributed by atoms with Crippen LogP contribution in [-0.4, -0.2) is 47.5 Å². The molecule has 7 nitrogen and oxygen atoms in total. The molecule has 1 N–H and O–H groups in total. The topological polar surface area (TPSA) is 72.5 Å². The van der Waals surface area contributed by atoms with Gasteiger partial charge in [0.2, 0.25) is 0 Å². The van der Waals surface area contributed by atoms with Crippen molar-refractivity contribution in [2.24, 2.45) is 0 Å². The highest BCUT2D eigenvalue weighted by atomic mass is 35.5. The molecule has 0 spiro atoms. The lowest BCUT2D eigenvalue weighted by Gasteiger charge is -2.33. The number of furan rings is 1. The van der Waals surface area contributed by atoms with E-state index in [2.05, 4.69) is 15.3 Å². The summed E-state index contributed by atoms with van der Waals surface area (Å²) in [6.45, 7) is 5.46. The van der Waals surface area contributed by atoms with Gasteiger partial charge in [0.25, 0.3) is 5.56 Å². The molecule has 1 fully saturated rings. The van der Waals surface area contributed by atoms with Crippen LogP contribution < -0.4 is 10.9 Å². The number of anilines is 1. The number of nitrogens with one attached hydrogen (secondary N) is 1. The van der Waals surface area contributed by atoms with Crippen molar-refractivity contribution in [1.82, 2.24) is 14.7 Å². The standard InChI is InChI=1S/C21H23ClN4O3/c1-15-7-8-19(29-15)18(25-9-11-28-12-10-25)14-23-17-13-24-26(21(27)20(17)22)16-5-3-2-4-6-16/h2-8,13,18,23H,9-12,14H2,1H3/t18-/m0/s1. The van der Waals surface area contributed by atoms with Gasteiger partial charge >= 0.3 is 0 Å². The molecule has 1 aliphatic rings. The minimum Gasteiger partial charge on any atom is -0.465 e. The van der Waals surface area contributed by atoms with Gasteiger partial charge in [-0.3, -0.25) is 9.69 Å². The Morgan fingerprint density at radius 2 is 1.93 bits per heavy atom. The van der Waals surface area contributed by atoms with Crippen LogP contribution in [0, 0.1) is 6.92 Å². The number of halogens is 1. The van der Waals surface area contributed by atoms with E-state index in [0.29, 0.717) is 31.1 Å². The lowest BCUT2D eigenvalue weighted by atomic mass is 10.1. The van der Waals surface area contributed by atoms with Gasteiger partial charge in [-0.2, -0.15) is 9.78 Å². The monoisotopic (exact) mass is 414 g/mol. The van der Waals surface area contributed by atoms with E-state index in [0.717, 1.165) is 24.6 Å². The molecule has 4 rings (SSSR count). The summed E-state index contributed by atoms with van der Waals surface area (Å²) < 4.78 is 12.7. The van der Waals surface area contributed by atoms with E-state index in [1.165, 1.54) is 4.68 Å². The summed E-state index contributed by atoms with van der Waals surface area (Å²) in [6.07, 6.45) is 1.58.